The first-order valence-electron chi connectivity index (χ1n) is 48.3. The molecule has 1 heterocycles. The van der Waals surface area contributed by atoms with E-state index < -0.39 is 5.41 Å². The maximum Gasteiger partial charge on any atom is 0.164 e. The summed E-state index contributed by atoms with van der Waals surface area (Å²) in [5, 5.41) is 0. The zero-order valence-electron chi connectivity index (χ0n) is 78.0. The van der Waals surface area contributed by atoms with Crippen LogP contribution in [0.15, 0.2) is 540 Å². The number of hydrogen-bond donors (Lipinski definition) is 0. The lowest BCUT2D eigenvalue weighted by molar-refractivity contribution is 0.769. The van der Waals surface area contributed by atoms with Crippen LogP contribution in [0, 0.1) is 12.3 Å². The molecular formula is C138H95N3. The van der Waals surface area contributed by atoms with Gasteiger partial charge in [0.05, 0.1) is 5.41 Å². The zero-order chi connectivity index (χ0) is 94.4. The highest BCUT2D eigenvalue weighted by atomic mass is 15.0. The molecule has 0 amide bonds. The first-order valence-corrected chi connectivity index (χ1v) is 48.3. The maximum atomic E-state index is 6.05. The van der Waals surface area contributed by atoms with Crippen LogP contribution in [0.5, 0.6) is 0 Å². The first-order chi connectivity index (χ1) is 69.7. The second-order valence-electron chi connectivity index (χ2n) is 36.4. The summed E-state index contributed by atoms with van der Waals surface area (Å²) in [5.41, 5.74) is 42.2. The van der Waals surface area contributed by atoms with Gasteiger partial charge in [0.1, 0.15) is 0 Å². The molecule has 0 saturated heterocycles. The molecule has 2 aliphatic carbocycles. The molecule has 1 unspecified atom stereocenters. The average Bonchev–Trinajstić information content (AvgIpc) is 1.50. The fraction of sp³-hybridized carbons (Fsp3) is 0.0217. The number of fused-ring (bicyclic) bond motifs is 3. The predicted octanol–water partition coefficient (Wildman–Crippen LogP) is 35.8. The summed E-state index contributed by atoms with van der Waals surface area (Å²) in [6, 6.07) is 185. The largest absolute Gasteiger partial charge is 0.208 e. The van der Waals surface area contributed by atoms with Crippen LogP contribution in [0.25, 0.3) is 201 Å². The van der Waals surface area contributed by atoms with Crippen LogP contribution in [0.3, 0.4) is 0 Å². The van der Waals surface area contributed by atoms with Crippen molar-refractivity contribution in [1.29, 1.82) is 0 Å². The van der Waals surface area contributed by atoms with Gasteiger partial charge in [0.2, 0.25) is 0 Å². The molecule has 3 heteroatoms. The van der Waals surface area contributed by atoms with Crippen molar-refractivity contribution in [2.75, 3.05) is 0 Å². The van der Waals surface area contributed by atoms with Crippen molar-refractivity contribution in [3.8, 4) is 191 Å². The summed E-state index contributed by atoms with van der Waals surface area (Å²) in [6.07, 6.45) is 19.9. The average molecular weight is 1800 g/mol. The van der Waals surface area contributed by atoms with E-state index in [0.29, 0.717) is 23.9 Å². The van der Waals surface area contributed by atoms with Gasteiger partial charge in [0, 0.05) is 16.7 Å². The van der Waals surface area contributed by atoms with Crippen molar-refractivity contribution in [3.63, 3.8) is 0 Å². The molecule has 0 bridgehead atoms. The van der Waals surface area contributed by atoms with Crippen LogP contribution < -0.4 is 0 Å². The Morgan fingerprint density at radius 3 is 0.858 bits per heavy atom. The number of benzene rings is 20. The van der Waals surface area contributed by atoms with Gasteiger partial charge < -0.3 is 0 Å². The SMILES string of the molecule is C#CC=CC(=CC)c1cc(-c2ccccc2)cc(-c2nc(-c3cc(-c4ccccc4)cc(-c4ccccc4)c3)nc(-c3ccc4c(c3)C(c3cc(C5=CCC(c6ccccc6)=CC(c6ccccc6)=C5)cc(-c5cc(-c6ccccc6)cc(-c6ccccc6)c5)c3)(c3cc(-c5cc(-c6ccccc6)cc(-c6ccccc6)c5)cc(-c5cc(-c6ccccc6)cc(-c6ccccc6)c5)c3)c3ccccc3-4)n2)c1. The van der Waals surface area contributed by atoms with Gasteiger partial charge in [-0.15, -0.1) is 6.42 Å². The van der Waals surface area contributed by atoms with Gasteiger partial charge in [0.25, 0.3) is 0 Å². The molecule has 23 rings (SSSR count). The minimum Gasteiger partial charge on any atom is -0.208 e. The van der Waals surface area contributed by atoms with Crippen LogP contribution in [0.2, 0.25) is 0 Å². The Bertz CT molecular complexity index is 8100. The van der Waals surface area contributed by atoms with Gasteiger partial charge >= 0.3 is 0 Å². The minimum atomic E-state index is -1.22. The lowest BCUT2D eigenvalue weighted by Gasteiger charge is -2.36. The van der Waals surface area contributed by atoms with Crippen molar-refractivity contribution >= 4 is 22.3 Å². The second kappa shape index (κ2) is 38.8. The third-order valence-electron chi connectivity index (χ3n) is 27.6. The van der Waals surface area contributed by atoms with Crippen LogP contribution in [0.4, 0.5) is 0 Å². The van der Waals surface area contributed by atoms with E-state index in [1.165, 1.54) is 11.1 Å². The summed E-state index contributed by atoms with van der Waals surface area (Å²) in [4.78, 5) is 17.7. The molecule has 141 heavy (non-hydrogen) atoms. The van der Waals surface area contributed by atoms with Crippen molar-refractivity contribution in [2.24, 2.45) is 0 Å². The molecule has 0 aliphatic heterocycles. The molecule has 0 radical (unpaired) electrons. The van der Waals surface area contributed by atoms with E-state index in [-0.39, 0.29) is 0 Å². The fourth-order valence-corrected chi connectivity index (χ4v) is 20.6. The Kier molecular flexibility index (Phi) is 23.9. The highest BCUT2D eigenvalue weighted by Crippen LogP contribution is 2.60. The van der Waals surface area contributed by atoms with E-state index >= 15 is 0 Å². The zero-order valence-corrected chi connectivity index (χ0v) is 78.0. The maximum absolute atomic E-state index is 6.05. The minimum absolute atomic E-state index is 0.496. The molecule has 3 nitrogen and oxygen atoms in total. The standard InChI is InChI=1S/C138H95N3/c1-3-5-41-94(4-2)109-72-117(103-58-33-14-34-59-103)86-127(85-109)136-139-135(140-137(141-136)128-87-118(104-60-35-15-36-61-104)76-119(88-128)105-62-37-16-38-63-105)108-68-69-132-131-64-39-40-65-133(131)138(134(132)93-108,130-91-125(121-79-113(99-50-25-10-26-51-99)74-114(80-121)100-52-27-11-28-53-100)84-126(92-130)122-81-115(101-54-29-12-30-55-101)75-116(82-122)102-56-31-13-32-57-102)129-89-123(107-67-66-106(95-42-17-6-18-43-95)70-110(71-107)96-44-19-7-20-45-96)83-124(90-129)120-77-111(97-46-21-8-22-47-97)73-112(78-120)98-48-23-9-24-49-98/h1,4-65,67-93H,66H2,2H3. The van der Waals surface area contributed by atoms with E-state index in [1.54, 1.807) is 6.08 Å². The van der Waals surface area contributed by atoms with E-state index in [1.807, 2.05) is 6.08 Å². The molecule has 1 aromatic heterocycles. The third kappa shape index (κ3) is 17.8. The molecule has 0 spiro atoms. The van der Waals surface area contributed by atoms with Gasteiger partial charge in [-0.1, -0.05) is 394 Å². The first kappa shape index (κ1) is 86.8. The molecule has 2 aliphatic rings. The van der Waals surface area contributed by atoms with Crippen LogP contribution >= 0.6 is 0 Å². The molecule has 0 fully saturated rings. The summed E-state index contributed by atoms with van der Waals surface area (Å²) in [7, 11) is 0. The van der Waals surface area contributed by atoms with Crippen molar-refractivity contribution in [2.45, 2.75) is 18.8 Å². The van der Waals surface area contributed by atoms with Crippen molar-refractivity contribution in [3.05, 3.63) is 584 Å². The number of allylic oxidation sites excluding steroid dienone is 10. The van der Waals surface area contributed by atoms with Crippen LogP contribution in [-0.4, -0.2) is 15.0 Å². The Morgan fingerprint density at radius 2 is 0.504 bits per heavy atom. The van der Waals surface area contributed by atoms with E-state index in [0.717, 1.165) is 217 Å². The lowest BCUT2D eigenvalue weighted by atomic mass is 9.65. The molecule has 21 aromatic rings. The van der Waals surface area contributed by atoms with Crippen LogP contribution in [-0.2, 0) is 5.41 Å². The molecule has 662 valence electrons. The number of terminal acetylenes is 1. The molecular weight excluding hydrogens is 1700 g/mol. The van der Waals surface area contributed by atoms with Gasteiger partial charge in [0.15, 0.2) is 17.5 Å². The van der Waals surface area contributed by atoms with Gasteiger partial charge in [-0.25, -0.2) is 15.0 Å². The number of rotatable bonds is 22. The topological polar surface area (TPSA) is 38.7 Å². The van der Waals surface area contributed by atoms with Gasteiger partial charge in [-0.3, -0.25) is 0 Å². The smallest absolute Gasteiger partial charge is 0.164 e. The summed E-state index contributed by atoms with van der Waals surface area (Å²) >= 11 is 0. The van der Waals surface area contributed by atoms with Crippen LogP contribution in [0.1, 0.15) is 57.9 Å². The number of aromatic nitrogens is 3. The Balaban J connectivity index is 0.868. The normalized spacial score (nSPS) is 13.3. The summed E-state index contributed by atoms with van der Waals surface area (Å²) in [6.45, 7) is 2.06. The summed E-state index contributed by atoms with van der Waals surface area (Å²) in [5.74, 6) is 4.28. The monoisotopic (exact) mass is 1790 g/mol. The van der Waals surface area contributed by atoms with E-state index in [9.17, 15) is 0 Å². The lowest BCUT2D eigenvalue weighted by Crippen LogP contribution is -2.29. The fourth-order valence-electron chi connectivity index (χ4n) is 20.6. The highest BCUT2D eigenvalue weighted by Gasteiger charge is 2.48. The molecule has 0 N–H and O–H groups in total. The van der Waals surface area contributed by atoms with Crippen molar-refractivity contribution in [1.82, 2.24) is 15.0 Å². The number of hydrogen-bond acceptors (Lipinski definition) is 3. The quantitative estimate of drug-likeness (QED) is 0.0501. The van der Waals surface area contributed by atoms with E-state index in [4.69, 9.17) is 21.4 Å². The van der Waals surface area contributed by atoms with Crippen molar-refractivity contribution < 1.29 is 0 Å². The molecule has 20 aromatic carbocycles. The number of nitrogens with zero attached hydrogens (tertiary/aromatic N) is 3. The summed E-state index contributed by atoms with van der Waals surface area (Å²) < 4.78 is 0. The Labute approximate surface area is 825 Å². The van der Waals surface area contributed by atoms with E-state index in [2.05, 4.69) is 541 Å². The highest BCUT2D eigenvalue weighted by molar-refractivity contribution is 5.99. The molecule has 1 atom stereocenters. The molecule has 0 saturated carbocycles. The van der Waals surface area contributed by atoms with Gasteiger partial charge in [-0.2, -0.15) is 0 Å². The Hall–Kier alpha value is -18.3. The second-order valence-corrected chi connectivity index (χ2v) is 36.4. The predicted molar refractivity (Wildman–Crippen MR) is 592 cm³/mol. The third-order valence-corrected chi connectivity index (χ3v) is 27.6. The van der Waals surface area contributed by atoms with Gasteiger partial charge in [-0.05, 0) is 376 Å². The Morgan fingerprint density at radius 1 is 0.234 bits per heavy atom.